The average molecular weight is 391 g/mol. The predicted octanol–water partition coefficient (Wildman–Crippen LogP) is 2.08. The van der Waals surface area contributed by atoms with Gasteiger partial charge in [0.05, 0.1) is 11.1 Å². The van der Waals surface area contributed by atoms with Gasteiger partial charge in [0, 0.05) is 37.8 Å². The first-order chi connectivity index (χ1) is 14.0. The van der Waals surface area contributed by atoms with Gasteiger partial charge >= 0.3 is 0 Å². The summed E-state index contributed by atoms with van der Waals surface area (Å²) in [5.74, 6) is -1.06. The molecule has 1 fully saturated rings. The lowest BCUT2D eigenvalue weighted by molar-refractivity contribution is 0.0691. The lowest BCUT2D eigenvalue weighted by Gasteiger charge is -2.15. The summed E-state index contributed by atoms with van der Waals surface area (Å²) in [6, 6.07) is 11.7. The van der Waals surface area contributed by atoms with Gasteiger partial charge in [-0.25, -0.2) is 0 Å². The van der Waals surface area contributed by atoms with Crippen LogP contribution < -0.4 is 5.32 Å². The fraction of sp³-hybridized carbons (Fsp3) is 0.273. The summed E-state index contributed by atoms with van der Waals surface area (Å²) < 4.78 is 0. The molecule has 0 unspecified atom stereocenters. The minimum Gasteiger partial charge on any atom is -0.348 e. The Labute approximate surface area is 168 Å². The van der Waals surface area contributed by atoms with Crippen LogP contribution in [0.2, 0.25) is 0 Å². The molecule has 0 spiro atoms. The van der Waals surface area contributed by atoms with Crippen molar-refractivity contribution in [3.8, 4) is 0 Å². The second-order valence-electron chi connectivity index (χ2n) is 7.31. The Bertz CT molecular complexity index is 1010. The van der Waals surface area contributed by atoms with Crippen LogP contribution in [0.1, 0.15) is 59.8 Å². The molecule has 4 amide bonds. The van der Waals surface area contributed by atoms with Gasteiger partial charge in [-0.05, 0) is 48.7 Å². The van der Waals surface area contributed by atoms with E-state index in [-0.39, 0.29) is 23.3 Å². The number of benzene rings is 2. The van der Waals surface area contributed by atoms with Gasteiger partial charge in [0.25, 0.3) is 23.6 Å². The second-order valence-corrected chi connectivity index (χ2v) is 7.31. The van der Waals surface area contributed by atoms with Gasteiger partial charge in [-0.15, -0.1) is 0 Å². The molecule has 7 nitrogen and oxygen atoms in total. The van der Waals surface area contributed by atoms with Gasteiger partial charge in [0.15, 0.2) is 0 Å². The number of likely N-dealkylation sites (tertiary alicyclic amines) is 1. The number of rotatable bonds is 4. The summed E-state index contributed by atoms with van der Waals surface area (Å²) in [6.07, 6.45) is 2.10. The van der Waals surface area contributed by atoms with Gasteiger partial charge in [-0.3, -0.25) is 24.1 Å². The third-order valence-electron chi connectivity index (χ3n) is 5.40. The van der Waals surface area contributed by atoms with Crippen LogP contribution in [0.5, 0.6) is 0 Å². The monoisotopic (exact) mass is 391 g/mol. The third-order valence-corrected chi connectivity index (χ3v) is 5.40. The second kappa shape index (κ2) is 7.50. The van der Waals surface area contributed by atoms with Crippen molar-refractivity contribution in [3.05, 3.63) is 70.3 Å². The summed E-state index contributed by atoms with van der Waals surface area (Å²) in [4.78, 5) is 51.7. The zero-order valence-corrected chi connectivity index (χ0v) is 16.1. The molecule has 2 aromatic rings. The maximum absolute atomic E-state index is 12.5. The first-order valence-corrected chi connectivity index (χ1v) is 9.58. The molecule has 0 aliphatic carbocycles. The van der Waals surface area contributed by atoms with Crippen LogP contribution in [0.25, 0.3) is 0 Å². The van der Waals surface area contributed by atoms with E-state index in [1.54, 1.807) is 12.1 Å². The fourth-order valence-corrected chi connectivity index (χ4v) is 3.65. The minimum atomic E-state index is -0.405. The Morgan fingerprint density at radius 2 is 1.52 bits per heavy atom. The summed E-state index contributed by atoms with van der Waals surface area (Å²) in [7, 11) is 1.42. The highest BCUT2D eigenvalue weighted by Crippen LogP contribution is 2.22. The van der Waals surface area contributed by atoms with Crippen LogP contribution >= 0.6 is 0 Å². The Balaban J connectivity index is 1.39. The summed E-state index contributed by atoms with van der Waals surface area (Å²) in [5.41, 5.74) is 2.39. The molecule has 29 heavy (non-hydrogen) atoms. The number of imide groups is 1. The van der Waals surface area contributed by atoms with Crippen LogP contribution in [0.4, 0.5) is 0 Å². The van der Waals surface area contributed by atoms with E-state index in [2.05, 4.69) is 5.32 Å². The van der Waals surface area contributed by atoms with Gasteiger partial charge in [-0.1, -0.05) is 12.1 Å². The summed E-state index contributed by atoms with van der Waals surface area (Å²) in [6.45, 7) is 1.91. The van der Waals surface area contributed by atoms with Crippen molar-refractivity contribution in [2.45, 2.75) is 19.4 Å². The van der Waals surface area contributed by atoms with E-state index in [1.165, 1.54) is 25.2 Å². The van der Waals surface area contributed by atoms with Crippen molar-refractivity contribution in [2.75, 3.05) is 20.1 Å². The molecular formula is C22H21N3O4. The van der Waals surface area contributed by atoms with Gasteiger partial charge in [-0.2, -0.15) is 0 Å². The largest absolute Gasteiger partial charge is 0.348 e. The lowest BCUT2D eigenvalue weighted by atomic mass is 10.1. The molecule has 2 aromatic carbocycles. The molecule has 0 bridgehead atoms. The van der Waals surface area contributed by atoms with Gasteiger partial charge < -0.3 is 10.2 Å². The Morgan fingerprint density at radius 1 is 0.897 bits per heavy atom. The zero-order chi connectivity index (χ0) is 20.5. The third kappa shape index (κ3) is 3.51. The van der Waals surface area contributed by atoms with Crippen LogP contribution in [0.15, 0.2) is 42.5 Å². The Hall–Kier alpha value is -3.48. The molecule has 0 saturated carbocycles. The number of carbonyl (C=O) groups excluding carboxylic acids is 4. The van der Waals surface area contributed by atoms with E-state index in [1.807, 2.05) is 17.0 Å². The van der Waals surface area contributed by atoms with Crippen molar-refractivity contribution in [1.29, 1.82) is 0 Å². The van der Waals surface area contributed by atoms with Crippen molar-refractivity contribution in [1.82, 2.24) is 15.1 Å². The van der Waals surface area contributed by atoms with Gasteiger partial charge in [0.1, 0.15) is 0 Å². The Kier molecular flexibility index (Phi) is 4.88. The first-order valence-electron chi connectivity index (χ1n) is 9.58. The zero-order valence-electron chi connectivity index (χ0n) is 16.1. The first kappa shape index (κ1) is 18.9. The predicted molar refractivity (Wildman–Crippen MR) is 106 cm³/mol. The molecule has 148 valence electrons. The molecule has 2 aliphatic heterocycles. The van der Waals surface area contributed by atoms with Crippen molar-refractivity contribution >= 4 is 23.6 Å². The number of carbonyl (C=O) groups is 4. The van der Waals surface area contributed by atoms with E-state index in [9.17, 15) is 19.2 Å². The van der Waals surface area contributed by atoms with E-state index in [0.717, 1.165) is 36.4 Å². The highest BCUT2D eigenvalue weighted by Gasteiger charge is 2.33. The molecule has 2 aliphatic rings. The number of nitrogens with one attached hydrogen (secondary N) is 1. The molecule has 4 rings (SSSR count). The number of fused-ring (bicyclic) bond motifs is 1. The van der Waals surface area contributed by atoms with Crippen molar-refractivity contribution in [3.63, 3.8) is 0 Å². The molecule has 0 radical (unpaired) electrons. The van der Waals surface area contributed by atoms with Crippen LogP contribution in [-0.2, 0) is 6.54 Å². The van der Waals surface area contributed by atoms with E-state index >= 15 is 0 Å². The normalized spacial score (nSPS) is 15.6. The number of amides is 4. The molecule has 2 heterocycles. The maximum atomic E-state index is 12.5. The van der Waals surface area contributed by atoms with E-state index < -0.39 is 5.91 Å². The maximum Gasteiger partial charge on any atom is 0.261 e. The molecular weight excluding hydrogens is 370 g/mol. The molecule has 1 saturated heterocycles. The topological polar surface area (TPSA) is 86.8 Å². The molecule has 0 atom stereocenters. The highest BCUT2D eigenvalue weighted by molar-refractivity contribution is 6.21. The quantitative estimate of drug-likeness (QED) is 0.809. The van der Waals surface area contributed by atoms with E-state index in [0.29, 0.717) is 23.2 Å². The smallest absolute Gasteiger partial charge is 0.261 e. The number of hydrogen-bond acceptors (Lipinski definition) is 4. The van der Waals surface area contributed by atoms with Crippen LogP contribution in [0.3, 0.4) is 0 Å². The van der Waals surface area contributed by atoms with Crippen LogP contribution in [-0.4, -0.2) is 53.6 Å². The molecule has 0 aromatic heterocycles. The van der Waals surface area contributed by atoms with E-state index in [4.69, 9.17) is 0 Å². The minimum absolute atomic E-state index is 0.0420. The lowest BCUT2D eigenvalue weighted by Crippen LogP contribution is -2.27. The average Bonchev–Trinajstić information content (AvgIpc) is 3.36. The fourth-order valence-electron chi connectivity index (χ4n) is 3.65. The van der Waals surface area contributed by atoms with Gasteiger partial charge in [0.2, 0.25) is 0 Å². The van der Waals surface area contributed by atoms with Crippen molar-refractivity contribution in [2.24, 2.45) is 0 Å². The SMILES string of the molecule is CN1C(=O)c2ccc(C(=O)NCc3ccc(C(=O)N4CCCC4)cc3)cc2C1=O. The number of hydrogen-bond donors (Lipinski definition) is 1. The highest BCUT2D eigenvalue weighted by atomic mass is 16.2. The summed E-state index contributed by atoms with van der Waals surface area (Å²) >= 11 is 0. The van der Waals surface area contributed by atoms with Crippen molar-refractivity contribution < 1.29 is 19.2 Å². The van der Waals surface area contributed by atoms with Crippen LogP contribution in [0, 0.1) is 0 Å². The standard InChI is InChI=1S/C22H21N3O4/c1-24-21(28)17-9-8-16(12-18(17)22(24)29)19(26)23-13-14-4-6-15(7-5-14)20(27)25-10-2-3-11-25/h4-9,12H,2-3,10-11,13H2,1H3,(H,23,26). The Morgan fingerprint density at radius 3 is 2.21 bits per heavy atom. The molecule has 7 heteroatoms. The number of nitrogens with zero attached hydrogens (tertiary/aromatic N) is 2. The summed E-state index contributed by atoms with van der Waals surface area (Å²) in [5, 5.41) is 2.80. The molecule has 1 N–H and O–H groups in total.